The molecular formula is C15H21ClN2. The molecule has 4 unspecified atom stereocenters. The summed E-state index contributed by atoms with van der Waals surface area (Å²) in [5.41, 5.74) is 1.02. The zero-order valence-electron chi connectivity index (χ0n) is 10.9. The standard InChI is InChI=1S/C15H21ClN2/c1-17-14(15-13(16)3-2-6-18-15)9-12-8-10-4-5-11(12)7-10/h2-3,6,10-12,14,17H,4-5,7-9H2,1H3. The van der Waals surface area contributed by atoms with Crippen molar-refractivity contribution in [1.82, 2.24) is 10.3 Å². The Kier molecular flexibility index (Phi) is 3.58. The predicted molar refractivity (Wildman–Crippen MR) is 74.6 cm³/mol. The Labute approximate surface area is 114 Å². The van der Waals surface area contributed by atoms with Crippen LogP contribution in [0.15, 0.2) is 18.3 Å². The molecule has 3 heteroatoms. The second-order valence-electron chi connectivity index (χ2n) is 5.88. The summed E-state index contributed by atoms with van der Waals surface area (Å²) in [7, 11) is 2.02. The van der Waals surface area contributed by atoms with Crippen molar-refractivity contribution in [1.29, 1.82) is 0 Å². The minimum atomic E-state index is 0.308. The van der Waals surface area contributed by atoms with Crippen LogP contribution in [0, 0.1) is 17.8 Å². The molecule has 1 aromatic rings. The summed E-state index contributed by atoms with van der Waals surface area (Å²) in [6, 6.07) is 4.15. The van der Waals surface area contributed by atoms with Crippen molar-refractivity contribution in [2.75, 3.05) is 7.05 Å². The van der Waals surface area contributed by atoms with Crippen LogP contribution in [0.2, 0.25) is 5.02 Å². The van der Waals surface area contributed by atoms with Crippen LogP contribution in [0.25, 0.3) is 0 Å². The summed E-state index contributed by atoms with van der Waals surface area (Å²) in [4.78, 5) is 4.46. The van der Waals surface area contributed by atoms with E-state index in [1.54, 1.807) is 0 Å². The quantitative estimate of drug-likeness (QED) is 0.894. The van der Waals surface area contributed by atoms with Gasteiger partial charge in [0.05, 0.1) is 16.8 Å². The molecule has 0 aliphatic heterocycles. The topological polar surface area (TPSA) is 24.9 Å². The number of aromatic nitrogens is 1. The summed E-state index contributed by atoms with van der Waals surface area (Å²) < 4.78 is 0. The number of rotatable bonds is 4. The molecule has 4 atom stereocenters. The first kappa shape index (κ1) is 12.4. The smallest absolute Gasteiger partial charge is 0.0758 e. The molecule has 0 radical (unpaired) electrons. The molecule has 2 fully saturated rings. The maximum Gasteiger partial charge on any atom is 0.0758 e. The Morgan fingerprint density at radius 1 is 1.44 bits per heavy atom. The molecule has 1 N–H and O–H groups in total. The van der Waals surface area contributed by atoms with Gasteiger partial charge in [0.2, 0.25) is 0 Å². The second-order valence-corrected chi connectivity index (χ2v) is 6.29. The van der Waals surface area contributed by atoms with E-state index in [1.165, 1.54) is 32.1 Å². The fraction of sp³-hybridized carbons (Fsp3) is 0.667. The first-order valence-electron chi connectivity index (χ1n) is 7.05. The average molecular weight is 265 g/mol. The normalized spacial score (nSPS) is 31.8. The Morgan fingerprint density at radius 3 is 2.94 bits per heavy atom. The van der Waals surface area contributed by atoms with E-state index in [1.807, 2.05) is 25.4 Å². The maximum atomic E-state index is 6.26. The van der Waals surface area contributed by atoms with Crippen LogP contribution in [-0.2, 0) is 0 Å². The van der Waals surface area contributed by atoms with Gasteiger partial charge in [-0.25, -0.2) is 0 Å². The van der Waals surface area contributed by atoms with Gasteiger partial charge >= 0.3 is 0 Å². The van der Waals surface area contributed by atoms with Gasteiger partial charge in [-0.3, -0.25) is 4.98 Å². The van der Waals surface area contributed by atoms with Crippen LogP contribution >= 0.6 is 11.6 Å². The van der Waals surface area contributed by atoms with Crippen LogP contribution < -0.4 is 5.32 Å². The van der Waals surface area contributed by atoms with Gasteiger partial charge in [0.1, 0.15) is 0 Å². The third-order valence-electron chi connectivity index (χ3n) is 4.89. The highest BCUT2D eigenvalue weighted by molar-refractivity contribution is 6.31. The minimum absolute atomic E-state index is 0.308. The lowest BCUT2D eigenvalue weighted by Crippen LogP contribution is -2.23. The van der Waals surface area contributed by atoms with Crippen molar-refractivity contribution in [3.05, 3.63) is 29.0 Å². The number of halogens is 1. The molecule has 0 aromatic carbocycles. The van der Waals surface area contributed by atoms with Crippen molar-refractivity contribution >= 4 is 11.6 Å². The number of hydrogen-bond acceptors (Lipinski definition) is 2. The van der Waals surface area contributed by atoms with E-state index >= 15 is 0 Å². The number of fused-ring (bicyclic) bond motifs is 2. The van der Waals surface area contributed by atoms with E-state index in [4.69, 9.17) is 11.6 Å². The van der Waals surface area contributed by atoms with Crippen molar-refractivity contribution < 1.29 is 0 Å². The van der Waals surface area contributed by atoms with Crippen LogP contribution in [0.5, 0.6) is 0 Å². The van der Waals surface area contributed by atoms with Crippen LogP contribution in [0.4, 0.5) is 0 Å². The van der Waals surface area contributed by atoms with E-state index in [-0.39, 0.29) is 0 Å². The summed E-state index contributed by atoms with van der Waals surface area (Å²) in [6.45, 7) is 0. The Bertz CT molecular complexity index is 421. The molecule has 2 bridgehead atoms. The molecule has 3 rings (SSSR count). The molecule has 1 heterocycles. The molecule has 0 saturated heterocycles. The number of hydrogen-bond donors (Lipinski definition) is 1. The highest BCUT2D eigenvalue weighted by Gasteiger charge is 2.40. The third-order valence-corrected chi connectivity index (χ3v) is 5.21. The lowest BCUT2D eigenvalue weighted by atomic mass is 9.83. The van der Waals surface area contributed by atoms with Gasteiger partial charge in [-0.1, -0.05) is 18.0 Å². The predicted octanol–water partition coefficient (Wildman–Crippen LogP) is 3.82. The molecular weight excluding hydrogens is 244 g/mol. The van der Waals surface area contributed by atoms with Crippen LogP contribution in [0.1, 0.15) is 43.8 Å². The molecule has 2 aliphatic rings. The van der Waals surface area contributed by atoms with Crippen molar-refractivity contribution in [2.45, 2.75) is 38.1 Å². The average Bonchev–Trinajstić information content (AvgIpc) is 2.99. The Hall–Kier alpha value is -0.600. The molecule has 18 heavy (non-hydrogen) atoms. The van der Waals surface area contributed by atoms with Crippen LogP contribution in [-0.4, -0.2) is 12.0 Å². The fourth-order valence-electron chi connectivity index (χ4n) is 3.99. The van der Waals surface area contributed by atoms with Crippen LogP contribution in [0.3, 0.4) is 0 Å². The van der Waals surface area contributed by atoms with Gasteiger partial charge in [0.15, 0.2) is 0 Å². The summed E-state index contributed by atoms with van der Waals surface area (Å²) in [5, 5.41) is 4.19. The lowest BCUT2D eigenvalue weighted by molar-refractivity contribution is 0.282. The van der Waals surface area contributed by atoms with Crippen molar-refractivity contribution in [3.63, 3.8) is 0 Å². The summed E-state index contributed by atoms with van der Waals surface area (Å²) >= 11 is 6.26. The molecule has 0 spiro atoms. The summed E-state index contributed by atoms with van der Waals surface area (Å²) in [6.07, 6.45) is 8.84. The SMILES string of the molecule is CNC(CC1CC2CCC1C2)c1ncccc1Cl. The van der Waals surface area contributed by atoms with Gasteiger partial charge < -0.3 is 5.32 Å². The van der Waals surface area contributed by atoms with Gasteiger partial charge in [-0.2, -0.15) is 0 Å². The van der Waals surface area contributed by atoms with E-state index < -0.39 is 0 Å². The highest BCUT2D eigenvalue weighted by Crippen LogP contribution is 2.51. The molecule has 2 aliphatic carbocycles. The zero-order valence-corrected chi connectivity index (χ0v) is 11.7. The molecule has 2 nitrogen and oxygen atoms in total. The Morgan fingerprint density at radius 2 is 2.33 bits per heavy atom. The second kappa shape index (κ2) is 5.18. The monoisotopic (exact) mass is 264 g/mol. The van der Waals surface area contributed by atoms with Crippen molar-refractivity contribution in [3.8, 4) is 0 Å². The maximum absolute atomic E-state index is 6.26. The van der Waals surface area contributed by atoms with Crippen molar-refractivity contribution in [2.24, 2.45) is 17.8 Å². The Balaban J connectivity index is 1.72. The van der Waals surface area contributed by atoms with Gasteiger partial charge in [-0.05, 0) is 62.6 Å². The summed E-state index contributed by atoms with van der Waals surface area (Å²) in [5.74, 6) is 2.85. The lowest BCUT2D eigenvalue weighted by Gasteiger charge is -2.26. The van der Waals surface area contributed by atoms with Gasteiger partial charge in [0.25, 0.3) is 0 Å². The van der Waals surface area contributed by atoms with E-state index in [0.29, 0.717) is 6.04 Å². The molecule has 1 aromatic heterocycles. The van der Waals surface area contributed by atoms with E-state index in [9.17, 15) is 0 Å². The zero-order chi connectivity index (χ0) is 12.5. The first-order chi connectivity index (χ1) is 8.78. The van der Waals surface area contributed by atoms with Gasteiger partial charge in [0, 0.05) is 6.20 Å². The minimum Gasteiger partial charge on any atom is -0.312 e. The molecule has 98 valence electrons. The largest absolute Gasteiger partial charge is 0.312 e. The van der Waals surface area contributed by atoms with E-state index in [2.05, 4.69) is 10.3 Å². The number of pyridine rings is 1. The van der Waals surface area contributed by atoms with E-state index in [0.717, 1.165) is 28.5 Å². The highest BCUT2D eigenvalue weighted by atomic mass is 35.5. The third kappa shape index (κ3) is 2.28. The fourth-order valence-corrected chi connectivity index (χ4v) is 4.24. The molecule has 0 amide bonds. The van der Waals surface area contributed by atoms with Gasteiger partial charge in [-0.15, -0.1) is 0 Å². The first-order valence-corrected chi connectivity index (χ1v) is 7.43. The molecule has 2 saturated carbocycles. The number of nitrogens with zero attached hydrogens (tertiary/aromatic N) is 1. The number of nitrogens with one attached hydrogen (secondary N) is 1.